The first kappa shape index (κ1) is 23.8. The summed E-state index contributed by atoms with van der Waals surface area (Å²) in [4.78, 5) is 23.8. The molecule has 30 heavy (non-hydrogen) atoms. The quantitative estimate of drug-likeness (QED) is 0.353. The molecular weight excluding hydrogens is 410 g/mol. The summed E-state index contributed by atoms with van der Waals surface area (Å²) in [6.45, 7) is 5.41. The van der Waals surface area contributed by atoms with E-state index < -0.39 is 27.7 Å². The lowest BCUT2D eigenvalue weighted by atomic mass is 10.1. The van der Waals surface area contributed by atoms with Crippen LogP contribution in [0.1, 0.15) is 38.8 Å². The van der Waals surface area contributed by atoms with E-state index in [-0.39, 0.29) is 37.8 Å². The molecule has 1 aliphatic rings. The van der Waals surface area contributed by atoms with Crippen LogP contribution in [0.3, 0.4) is 0 Å². The summed E-state index contributed by atoms with van der Waals surface area (Å²) in [7, 11) is -3.53. The van der Waals surface area contributed by atoms with E-state index in [4.69, 9.17) is 4.74 Å². The van der Waals surface area contributed by atoms with E-state index >= 15 is 0 Å². The minimum absolute atomic E-state index is 0.0130. The molecule has 2 rings (SSSR count). The molecular formula is C20H29N3O6S. The van der Waals surface area contributed by atoms with Gasteiger partial charge in [-0.1, -0.05) is 24.3 Å². The van der Waals surface area contributed by atoms with E-state index in [1.165, 1.54) is 4.90 Å². The summed E-state index contributed by atoms with van der Waals surface area (Å²) in [5.74, 6) is 0.102. The number of carbonyl (C=O) groups is 2. The van der Waals surface area contributed by atoms with Crippen molar-refractivity contribution < 1.29 is 27.9 Å². The van der Waals surface area contributed by atoms with E-state index in [1.54, 1.807) is 57.2 Å². The van der Waals surface area contributed by atoms with E-state index in [0.29, 0.717) is 5.75 Å². The average molecular weight is 440 g/mol. The Morgan fingerprint density at radius 2 is 2.07 bits per heavy atom. The number of allylic oxidation sites excluding steroid dienone is 1. The second-order valence-electron chi connectivity index (χ2n) is 7.83. The molecule has 0 bridgehead atoms. The number of aliphatic hydroxyl groups is 1. The Hall–Kier alpha value is -2.43. The SMILES string of the molecule is C[C@@H](NS(=O)(=O)CC/C=C/CN1CC(=O)NC1=O)c1cccc(OCC(C)(C)O)c1. The second kappa shape index (κ2) is 10.1. The minimum Gasteiger partial charge on any atom is -0.491 e. The zero-order chi connectivity index (χ0) is 22.4. The van der Waals surface area contributed by atoms with Gasteiger partial charge in [0, 0.05) is 12.6 Å². The molecule has 1 heterocycles. The first-order valence-electron chi connectivity index (χ1n) is 9.64. The van der Waals surface area contributed by atoms with Crippen molar-refractivity contribution in [3.63, 3.8) is 0 Å². The van der Waals surface area contributed by atoms with E-state index in [9.17, 15) is 23.1 Å². The number of hydrogen-bond donors (Lipinski definition) is 3. The summed E-state index contributed by atoms with van der Waals surface area (Å²) in [5.41, 5.74) is -0.225. The summed E-state index contributed by atoms with van der Waals surface area (Å²) >= 11 is 0. The fourth-order valence-corrected chi connectivity index (χ4v) is 3.94. The summed E-state index contributed by atoms with van der Waals surface area (Å²) < 4.78 is 32.9. The molecule has 0 spiro atoms. The largest absolute Gasteiger partial charge is 0.491 e. The maximum Gasteiger partial charge on any atom is 0.324 e. The number of urea groups is 1. The highest BCUT2D eigenvalue weighted by atomic mass is 32.2. The van der Waals surface area contributed by atoms with Gasteiger partial charge in [0.05, 0.1) is 11.4 Å². The molecule has 3 N–H and O–H groups in total. The molecule has 166 valence electrons. The summed E-state index contributed by atoms with van der Waals surface area (Å²) in [6.07, 6.45) is 3.62. The van der Waals surface area contributed by atoms with Gasteiger partial charge < -0.3 is 14.7 Å². The number of sulfonamides is 1. The van der Waals surface area contributed by atoms with Crippen molar-refractivity contribution in [1.82, 2.24) is 14.9 Å². The van der Waals surface area contributed by atoms with Gasteiger partial charge in [-0.3, -0.25) is 10.1 Å². The number of nitrogens with one attached hydrogen (secondary N) is 2. The normalized spacial score (nSPS) is 16.2. The van der Waals surface area contributed by atoms with Crippen LogP contribution in [-0.4, -0.2) is 61.4 Å². The highest BCUT2D eigenvalue weighted by Gasteiger charge is 2.25. The number of amides is 3. The minimum atomic E-state index is -3.53. The van der Waals surface area contributed by atoms with Crippen LogP contribution >= 0.6 is 0 Å². The van der Waals surface area contributed by atoms with Crippen molar-refractivity contribution in [2.45, 2.75) is 38.8 Å². The van der Waals surface area contributed by atoms with Gasteiger partial charge in [-0.25, -0.2) is 17.9 Å². The van der Waals surface area contributed by atoms with E-state index in [1.807, 2.05) is 0 Å². The maximum atomic E-state index is 12.3. The zero-order valence-corrected chi connectivity index (χ0v) is 18.2. The molecule has 1 saturated heterocycles. The molecule has 1 aromatic rings. The third-order valence-electron chi connectivity index (χ3n) is 4.22. The van der Waals surface area contributed by atoms with Gasteiger partial charge in [0.25, 0.3) is 0 Å². The molecule has 1 atom stereocenters. The fourth-order valence-electron chi connectivity index (χ4n) is 2.70. The second-order valence-corrected chi connectivity index (χ2v) is 9.70. The Kier molecular flexibility index (Phi) is 7.99. The lowest BCUT2D eigenvalue weighted by molar-refractivity contribution is -0.118. The average Bonchev–Trinajstić information content (AvgIpc) is 2.96. The number of nitrogens with zero attached hydrogens (tertiary/aromatic N) is 1. The molecule has 0 unspecified atom stereocenters. The third-order valence-corrected chi connectivity index (χ3v) is 5.71. The van der Waals surface area contributed by atoms with E-state index in [0.717, 1.165) is 5.56 Å². The number of benzene rings is 1. The van der Waals surface area contributed by atoms with Crippen molar-refractivity contribution in [3.05, 3.63) is 42.0 Å². The van der Waals surface area contributed by atoms with E-state index in [2.05, 4.69) is 10.0 Å². The number of rotatable bonds is 11. The molecule has 1 fully saturated rings. The van der Waals surface area contributed by atoms with Gasteiger partial charge in [-0.05, 0) is 44.9 Å². The highest BCUT2D eigenvalue weighted by molar-refractivity contribution is 7.89. The van der Waals surface area contributed by atoms with Gasteiger partial charge in [0.1, 0.15) is 18.9 Å². The Bertz CT molecular complexity index is 892. The van der Waals surface area contributed by atoms with Crippen LogP contribution in [0.5, 0.6) is 5.75 Å². The van der Waals surface area contributed by atoms with Crippen molar-refractivity contribution in [2.24, 2.45) is 0 Å². The summed E-state index contributed by atoms with van der Waals surface area (Å²) in [6, 6.07) is 6.15. The topological polar surface area (TPSA) is 125 Å². The van der Waals surface area contributed by atoms with Gasteiger partial charge in [0.2, 0.25) is 15.9 Å². The molecule has 1 aliphatic heterocycles. The molecule has 1 aromatic carbocycles. The van der Waals surface area contributed by atoms with Crippen LogP contribution in [-0.2, 0) is 14.8 Å². The molecule has 0 aromatic heterocycles. The summed E-state index contributed by atoms with van der Waals surface area (Å²) in [5, 5.41) is 11.9. The van der Waals surface area contributed by atoms with Crippen LogP contribution in [0, 0.1) is 0 Å². The predicted octanol–water partition coefficient (Wildman–Crippen LogP) is 1.31. The van der Waals surface area contributed by atoms with Crippen LogP contribution in [0.25, 0.3) is 0 Å². The Balaban J connectivity index is 1.82. The van der Waals surface area contributed by atoms with Gasteiger partial charge in [-0.15, -0.1) is 0 Å². The molecule has 9 nitrogen and oxygen atoms in total. The predicted molar refractivity (Wildman–Crippen MR) is 112 cm³/mol. The van der Waals surface area contributed by atoms with Crippen LogP contribution in [0.4, 0.5) is 4.79 Å². The Morgan fingerprint density at radius 1 is 1.33 bits per heavy atom. The molecule has 10 heteroatoms. The number of hydrogen-bond acceptors (Lipinski definition) is 6. The Labute approximate surface area is 177 Å². The highest BCUT2D eigenvalue weighted by Crippen LogP contribution is 2.21. The van der Waals surface area contributed by atoms with Crippen molar-refractivity contribution in [2.75, 3.05) is 25.4 Å². The van der Waals surface area contributed by atoms with Crippen LogP contribution < -0.4 is 14.8 Å². The lowest BCUT2D eigenvalue weighted by Crippen LogP contribution is -2.29. The number of ether oxygens (including phenoxy) is 1. The number of carbonyl (C=O) groups excluding carboxylic acids is 2. The third kappa shape index (κ3) is 8.13. The smallest absolute Gasteiger partial charge is 0.324 e. The maximum absolute atomic E-state index is 12.3. The standard InChI is InChI=1S/C20H29N3O6S/c1-15(16-8-7-9-17(12-16)29-14-20(2,3)26)22-30(27,28)11-6-4-5-10-23-13-18(24)21-19(23)25/h4-5,7-9,12,15,22,26H,6,10-11,13-14H2,1-3H3,(H,21,24,25)/b5-4+/t15-/m1/s1. The van der Waals surface area contributed by atoms with Crippen LogP contribution in [0.15, 0.2) is 36.4 Å². The zero-order valence-electron chi connectivity index (χ0n) is 17.4. The lowest BCUT2D eigenvalue weighted by Gasteiger charge is -2.19. The van der Waals surface area contributed by atoms with Crippen LogP contribution in [0.2, 0.25) is 0 Å². The first-order valence-corrected chi connectivity index (χ1v) is 11.3. The van der Waals surface area contributed by atoms with Gasteiger partial charge >= 0.3 is 6.03 Å². The molecule has 0 aliphatic carbocycles. The van der Waals surface area contributed by atoms with Crippen molar-refractivity contribution >= 4 is 22.0 Å². The molecule has 0 saturated carbocycles. The van der Waals surface area contributed by atoms with Crippen molar-refractivity contribution in [1.29, 1.82) is 0 Å². The number of imide groups is 1. The molecule has 3 amide bonds. The first-order chi connectivity index (χ1) is 14.0. The monoisotopic (exact) mass is 439 g/mol. The van der Waals surface area contributed by atoms with Gasteiger partial charge in [-0.2, -0.15) is 0 Å². The molecule has 0 radical (unpaired) electrons. The Morgan fingerprint density at radius 3 is 2.70 bits per heavy atom. The van der Waals surface area contributed by atoms with Crippen molar-refractivity contribution in [3.8, 4) is 5.75 Å². The fraction of sp³-hybridized carbons (Fsp3) is 0.500. The van der Waals surface area contributed by atoms with Gasteiger partial charge in [0.15, 0.2) is 0 Å².